The fourth-order valence-corrected chi connectivity index (χ4v) is 8.02. The molecular weight excluding hydrogens is 579 g/mol. The molecule has 9 heteroatoms. The van der Waals surface area contributed by atoms with Crippen molar-refractivity contribution in [3.63, 3.8) is 0 Å². The van der Waals surface area contributed by atoms with Crippen LogP contribution in [-0.2, 0) is 17.3 Å². The zero-order chi connectivity index (χ0) is 32.1. The van der Waals surface area contributed by atoms with Gasteiger partial charge in [-0.1, -0.05) is 47.6 Å². The van der Waals surface area contributed by atoms with Gasteiger partial charge >= 0.3 is 0 Å². The van der Waals surface area contributed by atoms with E-state index in [1.807, 2.05) is 0 Å². The van der Waals surface area contributed by atoms with Gasteiger partial charge in [0.05, 0.1) is 11.7 Å². The molecule has 44 heavy (non-hydrogen) atoms. The Labute approximate surface area is 260 Å². The van der Waals surface area contributed by atoms with Crippen LogP contribution in [0, 0.1) is 29.3 Å². The minimum absolute atomic E-state index is 0.00895. The molecule has 1 aliphatic heterocycles. The summed E-state index contributed by atoms with van der Waals surface area (Å²) in [4.78, 5) is 25.0. The number of carbonyl (C=O) groups excluding carboxylic acids is 1. The molecule has 0 amide bonds. The predicted octanol–water partition coefficient (Wildman–Crippen LogP) is 8.52. The first-order chi connectivity index (χ1) is 20.6. The summed E-state index contributed by atoms with van der Waals surface area (Å²) in [7, 11) is -1.97. The number of anilines is 1. The molecule has 1 saturated heterocycles. The number of hydrogen-bond acceptors (Lipinski definition) is 5. The number of carbonyl (C=O) groups is 1. The standard InChI is InChI=1S/C35H44F3N3O2Si/c1-20-12-13-24-31(20)39-17-23(33(24)41-18-21(2)34(22(3)19-41)43-44(7,8)35(4,5)6)16-29(42)28-15-14-27(38)32(40-28)30-25(36)10-9-11-26(30)37/h9-11,14-15,17,20-22,34H,12-13,16,18-19H2,1-8H3/t20-,21-,22+,34+/m1/s1. The Morgan fingerprint density at radius 1 is 1.00 bits per heavy atom. The van der Waals surface area contributed by atoms with E-state index in [2.05, 4.69) is 64.5 Å². The highest BCUT2D eigenvalue weighted by Gasteiger charge is 2.44. The van der Waals surface area contributed by atoms with E-state index < -0.39 is 37.0 Å². The van der Waals surface area contributed by atoms with Crippen LogP contribution in [0.25, 0.3) is 11.3 Å². The second-order valence-corrected chi connectivity index (χ2v) is 19.1. The molecule has 1 aliphatic carbocycles. The van der Waals surface area contributed by atoms with Crippen LogP contribution in [0.4, 0.5) is 18.9 Å². The molecule has 0 unspecified atom stereocenters. The molecule has 2 aliphatic rings. The normalized spacial score (nSPS) is 22.3. The second kappa shape index (κ2) is 12.0. The van der Waals surface area contributed by atoms with E-state index in [9.17, 15) is 18.0 Å². The van der Waals surface area contributed by atoms with E-state index in [0.29, 0.717) is 5.92 Å². The number of nitrogens with zero attached hydrogens (tertiary/aromatic N) is 3. The topological polar surface area (TPSA) is 55.3 Å². The Morgan fingerprint density at radius 3 is 2.25 bits per heavy atom. The predicted molar refractivity (Wildman–Crippen MR) is 171 cm³/mol. The average Bonchev–Trinajstić information content (AvgIpc) is 3.31. The first-order valence-corrected chi connectivity index (χ1v) is 18.6. The molecule has 0 saturated carbocycles. The number of hydrogen-bond donors (Lipinski definition) is 0. The van der Waals surface area contributed by atoms with Gasteiger partial charge in [0.25, 0.3) is 0 Å². The minimum atomic E-state index is -1.97. The molecule has 0 bridgehead atoms. The number of ketones is 1. The maximum absolute atomic E-state index is 14.7. The van der Waals surface area contributed by atoms with E-state index in [4.69, 9.17) is 9.41 Å². The molecule has 1 aromatic carbocycles. The lowest BCUT2D eigenvalue weighted by atomic mass is 9.87. The lowest BCUT2D eigenvalue weighted by Gasteiger charge is -2.48. The number of benzene rings is 1. The Kier molecular flexibility index (Phi) is 8.86. The zero-order valence-electron chi connectivity index (χ0n) is 27.1. The van der Waals surface area contributed by atoms with Crippen LogP contribution in [0.15, 0.2) is 36.5 Å². The highest BCUT2D eigenvalue weighted by Crippen LogP contribution is 2.44. The minimum Gasteiger partial charge on any atom is -0.413 e. The monoisotopic (exact) mass is 623 g/mol. The molecule has 0 N–H and O–H groups in total. The Morgan fingerprint density at radius 2 is 1.64 bits per heavy atom. The van der Waals surface area contributed by atoms with Gasteiger partial charge in [0.1, 0.15) is 28.8 Å². The van der Waals surface area contributed by atoms with E-state index >= 15 is 0 Å². The number of halogens is 3. The third-order valence-electron chi connectivity index (χ3n) is 9.93. The third kappa shape index (κ3) is 6.10. The van der Waals surface area contributed by atoms with Gasteiger partial charge in [0.15, 0.2) is 14.1 Å². The lowest BCUT2D eigenvalue weighted by Crippen LogP contribution is -2.54. The maximum Gasteiger partial charge on any atom is 0.192 e. The fraction of sp³-hybridized carbons (Fsp3) is 0.514. The summed E-state index contributed by atoms with van der Waals surface area (Å²) in [6, 6.07) is 5.60. The van der Waals surface area contributed by atoms with Crippen LogP contribution in [0.1, 0.15) is 81.2 Å². The van der Waals surface area contributed by atoms with Gasteiger partial charge in [-0.15, -0.1) is 0 Å². The first kappa shape index (κ1) is 32.4. The highest BCUT2D eigenvalue weighted by atomic mass is 28.4. The molecule has 4 atom stereocenters. The summed E-state index contributed by atoms with van der Waals surface area (Å²) < 4.78 is 50.7. The van der Waals surface area contributed by atoms with E-state index in [1.165, 1.54) is 17.7 Å². The third-order valence-corrected chi connectivity index (χ3v) is 14.4. The van der Waals surface area contributed by atoms with Crippen molar-refractivity contribution in [2.45, 2.75) is 91.0 Å². The fourth-order valence-electron chi connectivity index (χ4n) is 6.52. The summed E-state index contributed by atoms with van der Waals surface area (Å²) >= 11 is 0. The number of fused-ring (bicyclic) bond motifs is 1. The van der Waals surface area contributed by atoms with Crippen molar-refractivity contribution >= 4 is 19.8 Å². The molecule has 236 valence electrons. The van der Waals surface area contributed by atoms with Crippen LogP contribution >= 0.6 is 0 Å². The summed E-state index contributed by atoms with van der Waals surface area (Å²) in [6.45, 7) is 19.7. The van der Waals surface area contributed by atoms with E-state index in [-0.39, 0.29) is 40.9 Å². The van der Waals surface area contributed by atoms with Gasteiger partial charge in [0.2, 0.25) is 0 Å². The van der Waals surface area contributed by atoms with E-state index in [0.717, 1.165) is 61.1 Å². The first-order valence-electron chi connectivity index (χ1n) is 15.7. The van der Waals surface area contributed by atoms with Crippen LogP contribution in [-0.4, -0.2) is 43.3 Å². The summed E-state index contributed by atoms with van der Waals surface area (Å²) in [5.74, 6) is -2.26. The smallest absolute Gasteiger partial charge is 0.192 e. The van der Waals surface area contributed by atoms with Crippen molar-refractivity contribution in [3.05, 3.63) is 76.5 Å². The number of piperidine rings is 1. The SMILES string of the molecule is C[C@@H]1CCc2c1ncc(CC(=O)c1ccc(F)c(-c3c(F)cccc3F)n1)c2N1C[C@@H](C)[C@H](O[Si](C)(C)C(C)(C)C)[C@@H](C)C1. The lowest BCUT2D eigenvalue weighted by molar-refractivity contribution is 0.0626. The zero-order valence-corrected chi connectivity index (χ0v) is 28.1. The Bertz CT molecular complexity index is 1540. The van der Waals surface area contributed by atoms with Crippen molar-refractivity contribution in [2.24, 2.45) is 11.8 Å². The Hall–Kier alpha value is -3.04. The number of rotatable bonds is 7. The van der Waals surface area contributed by atoms with Crippen LogP contribution in [0.3, 0.4) is 0 Å². The van der Waals surface area contributed by atoms with Crippen molar-refractivity contribution in [1.82, 2.24) is 9.97 Å². The molecule has 5 nitrogen and oxygen atoms in total. The Balaban J connectivity index is 1.47. The summed E-state index contributed by atoms with van der Waals surface area (Å²) in [5, 5.41) is 0.117. The molecule has 0 spiro atoms. The molecular formula is C35H44F3N3O2Si. The van der Waals surface area contributed by atoms with Crippen LogP contribution in [0.5, 0.6) is 0 Å². The average molecular weight is 624 g/mol. The van der Waals surface area contributed by atoms with Gasteiger partial charge in [-0.25, -0.2) is 18.2 Å². The van der Waals surface area contributed by atoms with Crippen molar-refractivity contribution in [1.29, 1.82) is 0 Å². The van der Waals surface area contributed by atoms with Crippen LogP contribution < -0.4 is 4.90 Å². The van der Waals surface area contributed by atoms with E-state index in [1.54, 1.807) is 6.20 Å². The van der Waals surface area contributed by atoms with Gasteiger partial charge in [0, 0.05) is 42.7 Å². The molecule has 0 radical (unpaired) electrons. The van der Waals surface area contributed by atoms with Crippen molar-refractivity contribution in [2.75, 3.05) is 18.0 Å². The molecule has 2 aromatic heterocycles. The molecule has 3 aromatic rings. The van der Waals surface area contributed by atoms with Crippen molar-refractivity contribution < 1.29 is 22.4 Å². The molecule has 3 heterocycles. The van der Waals surface area contributed by atoms with Gasteiger partial charge in [-0.05, 0) is 78.6 Å². The van der Waals surface area contributed by atoms with Crippen LogP contribution in [0.2, 0.25) is 18.1 Å². The molecule has 1 fully saturated rings. The highest BCUT2D eigenvalue weighted by molar-refractivity contribution is 6.74. The summed E-state index contributed by atoms with van der Waals surface area (Å²) in [5.41, 5.74) is 2.96. The van der Waals surface area contributed by atoms with Gasteiger partial charge in [-0.3, -0.25) is 9.78 Å². The van der Waals surface area contributed by atoms with Gasteiger partial charge < -0.3 is 9.33 Å². The number of pyridine rings is 2. The number of Topliss-reactive ketones (excluding diaryl/α,β-unsaturated/α-hetero) is 1. The van der Waals surface area contributed by atoms with Gasteiger partial charge in [-0.2, -0.15) is 0 Å². The largest absolute Gasteiger partial charge is 0.413 e. The molecule has 5 rings (SSSR count). The quantitative estimate of drug-likeness (QED) is 0.195. The van der Waals surface area contributed by atoms with Crippen molar-refractivity contribution in [3.8, 4) is 11.3 Å². The maximum atomic E-state index is 14.7. The number of aromatic nitrogens is 2. The second-order valence-electron chi connectivity index (χ2n) is 14.4. The summed E-state index contributed by atoms with van der Waals surface area (Å²) in [6.07, 6.45) is 3.81.